The molecule has 152 valence electrons. The molecule has 0 fully saturated rings. The van der Waals surface area contributed by atoms with Crippen LogP contribution in [0.3, 0.4) is 0 Å². The minimum atomic E-state index is -0.101. The van der Waals surface area contributed by atoms with Gasteiger partial charge < -0.3 is 10.6 Å². The first-order valence-electron chi connectivity index (χ1n) is 9.57. The van der Waals surface area contributed by atoms with E-state index in [1.807, 2.05) is 18.2 Å². The summed E-state index contributed by atoms with van der Waals surface area (Å²) >= 11 is 7.64. The van der Waals surface area contributed by atoms with Gasteiger partial charge in [0.2, 0.25) is 5.91 Å². The molecule has 0 saturated heterocycles. The third-order valence-electron chi connectivity index (χ3n) is 4.63. The molecule has 6 nitrogen and oxygen atoms in total. The molecule has 0 bridgehead atoms. The number of nitrogens with one attached hydrogen (secondary N) is 2. The molecule has 0 aliphatic carbocycles. The lowest BCUT2D eigenvalue weighted by Crippen LogP contribution is -2.14. The van der Waals surface area contributed by atoms with Crippen LogP contribution in [0, 0.1) is 6.92 Å². The molecule has 0 spiro atoms. The smallest absolute Gasteiger partial charge is 0.224 e. The Labute approximate surface area is 183 Å². The zero-order chi connectivity index (χ0) is 20.9. The molecule has 4 rings (SSSR count). The lowest BCUT2D eigenvalue weighted by molar-refractivity contribution is -0.116. The van der Waals surface area contributed by atoms with E-state index < -0.39 is 0 Å². The second kappa shape index (κ2) is 9.19. The number of benzene rings is 1. The van der Waals surface area contributed by atoms with Crippen molar-refractivity contribution in [3.8, 4) is 11.1 Å². The van der Waals surface area contributed by atoms with E-state index in [4.69, 9.17) is 11.6 Å². The molecule has 0 aliphatic rings. The van der Waals surface area contributed by atoms with E-state index in [1.165, 1.54) is 4.88 Å². The third kappa shape index (κ3) is 4.42. The number of fused-ring (bicyclic) bond motifs is 1. The van der Waals surface area contributed by atoms with Gasteiger partial charge in [0, 0.05) is 29.6 Å². The summed E-state index contributed by atoms with van der Waals surface area (Å²) < 4.78 is 0. The number of anilines is 2. The van der Waals surface area contributed by atoms with Gasteiger partial charge >= 0.3 is 0 Å². The SMILES string of the molecule is Cc1sc2ncnc(NCCCC(=O)Nc3cccnc3Cl)c2c1-c1ccccc1. The molecule has 0 unspecified atom stereocenters. The number of aromatic nitrogens is 3. The summed E-state index contributed by atoms with van der Waals surface area (Å²) in [4.78, 5) is 27.2. The van der Waals surface area contributed by atoms with Gasteiger partial charge in [0.1, 0.15) is 17.0 Å². The van der Waals surface area contributed by atoms with Gasteiger partial charge in [-0.15, -0.1) is 11.3 Å². The summed E-state index contributed by atoms with van der Waals surface area (Å²) in [5.41, 5.74) is 2.82. The zero-order valence-electron chi connectivity index (χ0n) is 16.4. The van der Waals surface area contributed by atoms with Crippen LogP contribution < -0.4 is 10.6 Å². The maximum absolute atomic E-state index is 12.2. The van der Waals surface area contributed by atoms with Gasteiger partial charge in [-0.2, -0.15) is 0 Å². The van der Waals surface area contributed by atoms with E-state index in [0.717, 1.165) is 27.2 Å². The molecule has 1 aromatic carbocycles. The van der Waals surface area contributed by atoms with Crippen LogP contribution in [-0.2, 0) is 4.79 Å². The number of amides is 1. The van der Waals surface area contributed by atoms with E-state index in [1.54, 1.807) is 36.0 Å². The van der Waals surface area contributed by atoms with Crippen LogP contribution in [0.25, 0.3) is 21.3 Å². The Bertz CT molecular complexity index is 1180. The van der Waals surface area contributed by atoms with Crippen molar-refractivity contribution in [3.63, 3.8) is 0 Å². The van der Waals surface area contributed by atoms with Crippen molar-refractivity contribution in [2.75, 3.05) is 17.2 Å². The summed E-state index contributed by atoms with van der Waals surface area (Å²) in [7, 11) is 0. The summed E-state index contributed by atoms with van der Waals surface area (Å²) in [6.45, 7) is 2.72. The molecule has 3 aromatic heterocycles. The molecule has 30 heavy (non-hydrogen) atoms. The second-order valence-corrected chi connectivity index (χ2v) is 8.28. The molecule has 0 radical (unpaired) electrons. The fourth-order valence-corrected chi connectivity index (χ4v) is 4.46. The predicted molar refractivity (Wildman–Crippen MR) is 123 cm³/mol. The Morgan fingerprint density at radius 1 is 1.10 bits per heavy atom. The lowest BCUT2D eigenvalue weighted by atomic mass is 10.0. The van der Waals surface area contributed by atoms with Crippen LogP contribution in [0.1, 0.15) is 17.7 Å². The van der Waals surface area contributed by atoms with Crippen LogP contribution in [0.5, 0.6) is 0 Å². The Hall–Kier alpha value is -3.03. The van der Waals surface area contributed by atoms with Crippen molar-refractivity contribution < 1.29 is 4.79 Å². The fourth-order valence-electron chi connectivity index (χ4n) is 3.28. The molecule has 0 atom stereocenters. The van der Waals surface area contributed by atoms with Crippen LogP contribution >= 0.6 is 22.9 Å². The zero-order valence-corrected chi connectivity index (χ0v) is 17.9. The standard InChI is InChI=1S/C22H20ClN5OS/c1-14-18(15-7-3-2-4-8-15)19-21(26-13-27-22(19)30-14)25-12-6-10-17(29)28-16-9-5-11-24-20(16)23/h2-5,7-9,11,13H,6,10,12H2,1H3,(H,28,29)(H,25,26,27). The van der Waals surface area contributed by atoms with Crippen molar-refractivity contribution in [2.45, 2.75) is 19.8 Å². The highest BCUT2D eigenvalue weighted by Crippen LogP contribution is 2.40. The number of aryl methyl sites for hydroxylation is 1. The number of halogens is 1. The van der Waals surface area contributed by atoms with Crippen molar-refractivity contribution in [1.29, 1.82) is 0 Å². The Kier molecular flexibility index (Phi) is 6.21. The first kappa shape index (κ1) is 20.3. The largest absolute Gasteiger partial charge is 0.369 e. The molecule has 2 N–H and O–H groups in total. The quantitative estimate of drug-likeness (QED) is 0.293. The molecule has 1 amide bonds. The van der Waals surface area contributed by atoms with Gasteiger partial charge in [0.25, 0.3) is 0 Å². The van der Waals surface area contributed by atoms with E-state index in [2.05, 4.69) is 44.6 Å². The van der Waals surface area contributed by atoms with Crippen LogP contribution in [-0.4, -0.2) is 27.4 Å². The monoisotopic (exact) mass is 437 g/mol. The molecule has 0 saturated carbocycles. The van der Waals surface area contributed by atoms with Gasteiger partial charge in [-0.05, 0) is 31.0 Å². The maximum Gasteiger partial charge on any atom is 0.224 e. The normalized spacial score (nSPS) is 10.9. The maximum atomic E-state index is 12.2. The fraction of sp³-hybridized carbons (Fsp3) is 0.182. The van der Waals surface area contributed by atoms with Gasteiger partial charge in [-0.3, -0.25) is 4.79 Å². The molecule has 4 aromatic rings. The molecular weight excluding hydrogens is 418 g/mol. The van der Waals surface area contributed by atoms with E-state index in [-0.39, 0.29) is 11.1 Å². The summed E-state index contributed by atoms with van der Waals surface area (Å²) in [5, 5.41) is 7.48. The van der Waals surface area contributed by atoms with Gasteiger partial charge in [-0.25, -0.2) is 15.0 Å². The minimum Gasteiger partial charge on any atom is -0.369 e. The van der Waals surface area contributed by atoms with Gasteiger partial charge in [-0.1, -0.05) is 41.9 Å². The second-order valence-electron chi connectivity index (χ2n) is 6.72. The first-order chi connectivity index (χ1) is 14.6. The van der Waals surface area contributed by atoms with Crippen molar-refractivity contribution >= 4 is 50.6 Å². The van der Waals surface area contributed by atoms with Crippen molar-refractivity contribution in [2.24, 2.45) is 0 Å². The average Bonchev–Trinajstić information content (AvgIpc) is 3.10. The van der Waals surface area contributed by atoms with E-state index in [0.29, 0.717) is 25.1 Å². The number of carbonyl (C=O) groups is 1. The first-order valence-corrected chi connectivity index (χ1v) is 10.8. The predicted octanol–water partition coefficient (Wildman–Crippen LogP) is 5.55. The lowest BCUT2D eigenvalue weighted by Gasteiger charge is -2.09. The molecule has 3 heterocycles. The van der Waals surface area contributed by atoms with Gasteiger partial charge in [0.05, 0.1) is 11.1 Å². The number of hydrogen-bond donors (Lipinski definition) is 2. The van der Waals surface area contributed by atoms with E-state index >= 15 is 0 Å². The Morgan fingerprint density at radius 3 is 2.73 bits per heavy atom. The Morgan fingerprint density at radius 2 is 1.93 bits per heavy atom. The number of carbonyl (C=O) groups excluding carboxylic acids is 1. The number of thiophene rings is 1. The summed E-state index contributed by atoms with van der Waals surface area (Å²) in [5.74, 6) is 0.690. The highest BCUT2D eigenvalue weighted by Gasteiger charge is 2.16. The average molecular weight is 438 g/mol. The van der Waals surface area contributed by atoms with Crippen molar-refractivity contribution in [1.82, 2.24) is 15.0 Å². The van der Waals surface area contributed by atoms with Crippen LogP contribution in [0.4, 0.5) is 11.5 Å². The van der Waals surface area contributed by atoms with E-state index in [9.17, 15) is 4.79 Å². The highest BCUT2D eigenvalue weighted by molar-refractivity contribution is 7.19. The molecular formula is C22H20ClN5OS. The minimum absolute atomic E-state index is 0.101. The van der Waals surface area contributed by atoms with Crippen LogP contribution in [0.15, 0.2) is 55.0 Å². The Balaban J connectivity index is 1.43. The topological polar surface area (TPSA) is 79.8 Å². The molecule has 8 heteroatoms. The highest BCUT2D eigenvalue weighted by atomic mass is 35.5. The van der Waals surface area contributed by atoms with Crippen molar-refractivity contribution in [3.05, 3.63) is 65.0 Å². The van der Waals surface area contributed by atoms with Crippen LogP contribution in [0.2, 0.25) is 5.15 Å². The summed E-state index contributed by atoms with van der Waals surface area (Å²) in [6.07, 6.45) is 4.17. The number of nitrogens with zero attached hydrogens (tertiary/aromatic N) is 3. The molecule has 0 aliphatic heterocycles. The number of hydrogen-bond acceptors (Lipinski definition) is 6. The van der Waals surface area contributed by atoms with Gasteiger partial charge in [0.15, 0.2) is 5.15 Å². The third-order valence-corrected chi connectivity index (χ3v) is 5.95. The summed E-state index contributed by atoms with van der Waals surface area (Å²) in [6, 6.07) is 13.7. The number of rotatable bonds is 7. The number of pyridine rings is 1.